The molecule has 5 nitrogen and oxygen atoms in total. The summed E-state index contributed by atoms with van der Waals surface area (Å²) in [5, 5.41) is 13.8. The fraction of sp³-hybridized carbons (Fsp3) is 0.200. The lowest BCUT2D eigenvalue weighted by Crippen LogP contribution is -2.04. The van der Waals surface area contributed by atoms with Gasteiger partial charge in [-0.1, -0.05) is 18.2 Å². The van der Waals surface area contributed by atoms with Gasteiger partial charge in [-0.2, -0.15) is 0 Å². The molecule has 0 fully saturated rings. The predicted octanol–water partition coefficient (Wildman–Crippen LogP) is 3.66. The van der Waals surface area contributed by atoms with Gasteiger partial charge in [-0.25, -0.2) is 4.39 Å². The van der Waals surface area contributed by atoms with Crippen LogP contribution < -0.4 is 10.1 Å². The van der Waals surface area contributed by atoms with E-state index in [9.17, 15) is 14.5 Å². The van der Waals surface area contributed by atoms with Crippen LogP contribution in [0, 0.1) is 22.9 Å². The van der Waals surface area contributed by atoms with Crippen molar-refractivity contribution >= 4 is 11.4 Å². The smallest absolute Gasteiger partial charge is 0.292 e. The van der Waals surface area contributed by atoms with Crippen LogP contribution in [0.2, 0.25) is 0 Å². The van der Waals surface area contributed by atoms with E-state index in [0.29, 0.717) is 22.6 Å². The SMILES string of the molecule is CNc1c(COc2ccc(C)c(F)c2)cccc1[N+](=O)[O-]. The number of anilines is 1. The van der Waals surface area contributed by atoms with Crippen LogP contribution in [0.4, 0.5) is 15.8 Å². The molecule has 0 saturated heterocycles. The maximum absolute atomic E-state index is 13.4. The Labute approximate surface area is 121 Å². The molecule has 0 saturated carbocycles. The molecule has 2 aromatic carbocycles. The van der Waals surface area contributed by atoms with Crippen LogP contribution in [0.15, 0.2) is 36.4 Å². The number of nitrogens with one attached hydrogen (secondary N) is 1. The minimum absolute atomic E-state index is 0.0197. The van der Waals surface area contributed by atoms with E-state index in [0.717, 1.165) is 0 Å². The summed E-state index contributed by atoms with van der Waals surface area (Å²) in [7, 11) is 1.61. The van der Waals surface area contributed by atoms with E-state index in [1.165, 1.54) is 12.1 Å². The summed E-state index contributed by atoms with van der Waals surface area (Å²) in [5.41, 5.74) is 1.55. The summed E-state index contributed by atoms with van der Waals surface area (Å²) in [5.74, 6) is 0.0343. The van der Waals surface area contributed by atoms with E-state index in [1.54, 1.807) is 38.2 Å². The van der Waals surface area contributed by atoms with Gasteiger partial charge in [0.2, 0.25) is 0 Å². The van der Waals surface area contributed by atoms with Gasteiger partial charge in [0.1, 0.15) is 23.9 Å². The molecule has 1 N–H and O–H groups in total. The van der Waals surface area contributed by atoms with Crippen LogP contribution in [0.5, 0.6) is 5.75 Å². The first-order valence-corrected chi connectivity index (χ1v) is 6.36. The summed E-state index contributed by atoms with van der Waals surface area (Å²) in [6.07, 6.45) is 0. The Bertz CT molecular complexity index is 674. The number of para-hydroxylation sites is 1. The van der Waals surface area contributed by atoms with Gasteiger partial charge in [0.15, 0.2) is 0 Å². The van der Waals surface area contributed by atoms with Crippen molar-refractivity contribution in [2.45, 2.75) is 13.5 Å². The first kappa shape index (κ1) is 14.8. The minimum Gasteiger partial charge on any atom is -0.489 e. The van der Waals surface area contributed by atoms with E-state index in [4.69, 9.17) is 4.74 Å². The first-order valence-electron chi connectivity index (χ1n) is 6.36. The Morgan fingerprint density at radius 2 is 2.10 bits per heavy atom. The molecule has 2 rings (SSSR count). The van der Waals surface area contributed by atoms with Gasteiger partial charge in [0.05, 0.1) is 4.92 Å². The highest BCUT2D eigenvalue weighted by atomic mass is 19.1. The van der Waals surface area contributed by atoms with Gasteiger partial charge in [-0.3, -0.25) is 10.1 Å². The van der Waals surface area contributed by atoms with Crippen molar-refractivity contribution in [2.24, 2.45) is 0 Å². The first-order chi connectivity index (χ1) is 10.0. The summed E-state index contributed by atoms with van der Waals surface area (Å²) < 4.78 is 18.9. The maximum Gasteiger partial charge on any atom is 0.292 e. The molecule has 110 valence electrons. The molecule has 6 heteroatoms. The van der Waals surface area contributed by atoms with Crippen molar-refractivity contribution in [1.82, 2.24) is 0 Å². The number of nitro groups is 1. The number of ether oxygens (including phenoxy) is 1. The Kier molecular flexibility index (Phi) is 4.37. The number of nitro benzene ring substituents is 1. The van der Waals surface area contributed by atoms with Crippen molar-refractivity contribution in [3.05, 3.63) is 63.5 Å². The lowest BCUT2D eigenvalue weighted by atomic mass is 10.1. The Hall–Kier alpha value is -2.63. The van der Waals surface area contributed by atoms with Crippen LogP contribution in [0.3, 0.4) is 0 Å². The maximum atomic E-state index is 13.4. The molecular weight excluding hydrogens is 275 g/mol. The Balaban J connectivity index is 2.21. The van der Waals surface area contributed by atoms with Crippen molar-refractivity contribution in [1.29, 1.82) is 0 Å². The standard InChI is InChI=1S/C15H15FN2O3/c1-10-6-7-12(8-13(10)16)21-9-11-4-3-5-14(18(19)20)15(11)17-2/h3-8,17H,9H2,1-2H3. The van der Waals surface area contributed by atoms with Gasteiger partial charge in [-0.05, 0) is 18.6 Å². The Morgan fingerprint density at radius 3 is 2.71 bits per heavy atom. The molecule has 0 aromatic heterocycles. The number of hydrogen-bond donors (Lipinski definition) is 1. The van der Waals surface area contributed by atoms with Crippen LogP contribution in [0.1, 0.15) is 11.1 Å². The molecule has 0 unspecified atom stereocenters. The highest BCUT2D eigenvalue weighted by Gasteiger charge is 2.16. The number of halogens is 1. The number of nitrogens with zero attached hydrogens (tertiary/aromatic N) is 1. The van der Waals surface area contributed by atoms with Crippen molar-refractivity contribution in [2.75, 3.05) is 12.4 Å². The van der Waals surface area contributed by atoms with Crippen LogP contribution in [-0.4, -0.2) is 12.0 Å². The van der Waals surface area contributed by atoms with Crippen LogP contribution in [-0.2, 0) is 6.61 Å². The fourth-order valence-electron chi connectivity index (χ4n) is 1.97. The van der Waals surface area contributed by atoms with Gasteiger partial charge in [0, 0.05) is 24.7 Å². The molecule has 0 bridgehead atoms. The monoisotopic (exact) mass is 290 g/mol. The topological polar surface area (TPSA) is 64.4 Å². The average molecular weight is 290 g/mol. The third-order valence-electron chi connectivity index (χ3n) is 3.11. The molecule has 2 aromatic rings. The third kappa shape index (κ3) is 3.28. The van der Waals surface area contributed by atoms with Crippen molar-refractivity contribution < 1.29 is 14.1 Å². The number of benzene rings is 2. The lowest BCUT2D eigenvalue weighted by molar-refractivity contribution is -0.384. The molecular formula is C15H15FN2O3. The zero-order valence-corrected chi connectivity index (χ0v) is 11.7. The average Bonchev–Trinajstić information content (AvgIpc) is 2.47. The molecule has 21 heavy (non-hydrogen) atoms. The number of aryl methyl sites for hydroxylation is 1. The lowest BCUT2D eigenvalue weighted by Gasteiger charge is -2.11. The molecule has 0 spiro atoms. The predicted molar refractivity (Wildman–Crippen MR) is 78.1 cm³/mol. The van der Waals surface area contributed by atoms with Gasteiger partial charge in [0.25, 0.3) is 5.69 Å². The van der Waals surface area contributed by atoms with Gasteiger partial charge in [-0.15, -0.1) is 0 Å². The zero-order chi connectivity index (χ0) is 15.4. The van der Waals surface area contributed by atoms with Crippen molar-refractivity contribution in [3.63, 3.8) is 0 Å². The van der Waals surface area contributed by atoms with Gasteiger partial charge < -0.3 is 10.1 Å². The second-order valence-electron chi connectivity index (χ2n) is 4.52. The zero-order valence-electron chi connectivity index (χ0n) is 11.7. The minimum atomic E-state index is -0.457. The summed E-state index contributed by atoms with van der Waals surface area (Å²) in [6, 6.07) is 9.31. The number of rotatable bonds is 5. The Morgan fingerprint density at radius 1 is 1.33 bits per heavy atom. The van der Waals surface area contributed by atoms with E-state index in [-0.39, 0.29) is 18.1 Å². The molecule has 0 aliphatic rings. The van der Waals surface area contributed by atoms with E-state index >= 15 is 0 Å². The van der Waals surface area contributed by atoms with E-state index < -0.39 is 4.92 Å². The highest BCUT2D eigenvalue weighted by Crippen LogP contribution is 2.28. The third-order valence-corrected chi connectivity index (χ3v) is 3.11. The molecule has 0 amide bonds. The largest absolute Gasteiger partial charge is 0.489 e. The molecule has 0 radical (unpaired) electrons. The van der Waals surface area contributed by atoms with Crippen LogP contribution >= 0.6 is 0 Å². The molecule has 0 aliphatic carbocycles. The normalized spacial score (nSPS) is 10.2. The molecule has 0 atom stereocenters. The van der Waals surface area contributed by atoms with E-state index in [2.05, 4.69) is 5.32 Å². The number of hydrogen-bond acceptors (Lipinski definition) is 4. The fourth-order valence-corrected chi connectivity index (χ4v) is 1.97. The summed E-state index contributed by atoms with van der Waals surface area (Å²) in [6.45, 7) is 1.78. The van der Waals surface area contributed by atoms with Crippen LogP contribution in [0.25, 0.3) is 0 Å². The van der Waals surface area contributed by atoms with Gasteiger partial charge >= 0.3 is 0 Å². The second-order valence-corrected chi connectivity index (χ2v) is 4.52. The molecule has 0 heterocycles. The molecule has 0 aliphatic heterocycles. The highest BCUT2D eigenvalue weighted by molar-refractivity contribution is 5.65. The van der Waals surface area contributed by atoms with Crippen molar-refractivity contribution in [3.8, 4) is 5.75 Å². The summed E-state index contributed by atoms with van der Waals surface area (Å²) >= 11 is 0. The second kappa shape index (κ2) is 6.21. The van der Waals surface area contributed by atoms with E-state index in [1.807, 2.05) is 0 Å². The summed E-state index contributed by atoms with van der Waals surface area (Å²) in [4.78, 5) is 10.5. The quantitative estimate of drug-likeness (QED) is 0.674.